The van der Waals surface area contributed by atoms with Crippen molar-refractivity contribution in [1.29, 1.82) is 0 Å². The fraction of sp³-hybridized carbons (Fsp3) is 0.667. The maximum Gasteiger partial charge on any atom is 0.0594 e. The van der Waals surface area contributed by atoms with Crippen LogP contribution in [0.4, 0.5) is 0 Å². The number of nitrogens with two attached hydrogens (primary N) is 1. The van der Waals surface area contributed by atoms with E-state index in [9.17, 15) is 0 Å². The van der Waals surface area contributed by atoms with Crippen LogP contribution in [0.25, 0.3) is 0 Å². The smallest absolute Gasteiger partial charge is 0.0594 e. The third-order valence-corrected chi connectivity index (χ3v) is 1.12. The molecule has 46 valence electrons. The summed E-state index contributed by atoms with van der Waals surface area (Å²) in [6.45, 7) is 1.77. The van der Waals surface area contributed by atoms with Crippen molar-refractivity contribution in [3.05, 3.63) is 0 Å². The minimum absolute atomic E-state index is 0.0278. The van der Waals surface area contributed by atoms with Gasteiger partial charge in [-0.15, -0.1) is 12.3 Å². The second-order valence-corrected chi connectivity index (χ2v) is 1.80. The molecule has 2 heteroatoms. The van der Waals surface area contributed by atoms with Crippen LogP contribution in [0.2, 0.25) is 0 Å². The minimum Gasteiger partial charge on any atom is -0.395 e. The van der Waals surface area contributed by atoms with Gasteiger partial charge in [0.15, 0.2) is 0 Å². The van der Waals surface area contributed by atoms with Crippen LogP contribution < -0.4 is 5.73 Å². The van der Waals surface area contributed by atoms with Crippen LogP contribution in [-0.4, -0.2) is 17.8 Å². The Balaban J connectivity index is 3.49. The van der Waals surface area contributed by atoms with E-state index in [1.807, 2.05) is 0 Å². The number of hydrogen-bond acceptors (Lipinski definition) is 2. The van der Waals surface area contributed by atoms with Crippen LogP contribution in [0.3, 0.4) is 0 Å². The van der Waals surface area contributed by atoms with E-state index in [1.165, 1.54) is 0 Å². The molecule has 0 aromatic heterocycles. The summed E-state index contributed by atoms with van der Waals surface area (Å²) in [5.41, 5.74) is 5.33. The van der Waals surface area contributed by atoms with Gasteiger partial charge in [-0.05, 0) is 6.92 Å². The second kappa shape index (κ2) is 3.48. The van der Waals surface area contributed by atoms with Gasteiger partial charge in [-0.2, -0.15) is 0 Å². The van der Waals surface area contributed by atoms with Crippen LogP contribution in [0.5, 0.6) is 0 Å². The zero-order chi connectivity index (χ0) is 6.57. The van der Waals surface area contributed by atoms with Gasteiger partial charge in [-0.1, -0.05) is 0 Å². The Hall–Kier alpha value is -0.520. The molecule has 8 heavy (non-hydrogen) atoms. The molecule has 2 nitrogen and oxygen atoms in total. The first-order valence-corrected chi connectivity index (χ1v) is 2.55. The Morgan fingerprint density at radius 1 is 1.88 bits per heavy atom. The Morgan fingerprint density at radius 3 is 2.50 bits per heavy atom. The number of hydrogen-bond donors (Lipinski definition) is 2. The standard InChI is InChI=1S/C6H11NO/c1-3-5(2)6(7)4-8/h1,5-6,8H,4,7H2,2H3. The van der Waals surface area contributed by atoms with Gasteiger partial charge < -0.3 is 10.8 Å². The maximum atomic E-state index is 8.42. The Morgan fingerprint density at radius 2 is 2.38 bits per heavy atom. The summed E-state index contributed by atoms with van der Waals surface area (Å²) < 4.78 is 0. The molecule has 0 saturated heterocycles. The van der Waals surface area contributed by atoms with Crippen molar-refractivity contribution >= 4 is 0 Å². The summed E-state index contributed by atoms with van der Waals surface area (Å²) >= 11 is 0. The lowest BCUT2D eigenvalue weighted by molar-refractivity contribution is 0.248. The van der Waals surface area contributed by atoms with Crippen LogP contribution in [0.1, 0.15) is 6.92 Å². The second-order valence-electron chi connectivity index (χ2n) is 1.80. The van der Waals surface area contributed by atoms with Crippen molar-refractivity contribution in [2.45, 2.75) is 13.0 Å². The summed E-state index contributed by atoms with van der Waals surface area (Å²) in [4.78, 5) is 0. The molecule has 0 aromatic rings. The number of aliphatic hydroxyl groups excluding tert-OH is 1. The summed E-state index contributed by atoms with van der Waals surface area (Å²) in [5.74, 6) is 2.40. The first-order chi connectivity index (χ1) is 3.72. The average molecular weight is 113 g/mol. The molecule has 2 atom stereocenters. The normalized spacial score (nSPS) is 16.8. The first kappa shape index (κ1) is 7.48. The quantitative estimate of drug-likeness (QED) is 0.477. The van der Waals surface area contributed by atoms with E-state index in [0.717, 1.165) is 0 Å². The van der Waals surface area contributed by atoms with Crippen molar-refractivity contribution < 1.29 is 5.11 Å². The van der Waals surface area contributed by atoms with Gasteiger partial charge in [0.2, 0.25) is 0 Å². The van der Waals surface area contributed by atoms with Crippen LogP contribution >= 0.6 is 0 Å². The van der Waals surface area contributed by atoms with E-state index in [-0.39, 0.29) is 18.6 Å². The van der Waals surface area contributed by atoms with Gasteiger partial charge in [-0.3, -0.25) is 0 Å². The van der Waals surface area contributed by atoms with E-state index in [4.69, 9.17) is 17.3 Å². The van der Waals surface area contributed by atoms with Gasteiger partial charge in [0.25, 0.3) is 0 Å². The SMILES string of the molecule is C#CC(C)C(N)CO. The highest BCUT2D eigenvalue weighted by atomic mass is 16.3. The zero-order valence-electron chi connectivity index (χ0n) is 4.96. The predicted molar refractivity (Wildman–Crippen MR) is 33.1 cm³/mol. The number of aliphatic hydroxyl groups is 1. The van der Waals surface area contributed by atoms with Crippen molar-refractivity contribution in [3.8, 4) is 12.3 Å². The summed E-state index contributed by atoms with van der Waals surface area (Å²) in [5, 5.41) is 8.42. The first-order valence-electron chi connectivity index (χ1n) is 2.55. The molecule has 0 radical (unpaired) electrons. The van der Waals surface area contributed by atoms with Gasteiger partial charge in [0.05, 0.1) is 6.61 Å². The number of rotatable bonds is 2. The molecule has 0 bridgehead atoms. The zero-order valence-corrected chi connectivity index (χ0v) is 4.96. The fourth-order valence-electron chi connectivity index (χ4n) is 0.282. The summed E-state index contributed by atoms with van der Waals surface area (Å²) in [6, 6.07) is -0.264. The third kappa shape index (κ3) is 1.97. The molecule has 0 rings (SSSR count). The van der Waals surface area contributed by atoms with Gasteiger partial charge in [0.1, 0.15) is 0 Å². The Bertz CT molecular complexity index is 95.2. The third-order valence-electron chi connectivity index (χ3n) is 1.12. The van der Waals surface area contributed by atoms with Crippen LogP contribution in [-0.2, 0) is 0 Å². The van der Waals surface area contributed by atoms with E-state index in [1.54, 1.807) is 6.92 Å². The average Bonchev–Trinajstić information content (AvgIpc) is 1.84. The van der Waals surface area contributed by atoms with E-state index >= 15 is 0 Å². The molecule has 0 aromatic carbocycles. The summed E-state index contributed by atoms with van der Waals surface area (Å²) in [7, 11) is 0. The molecule has 0 heterocycles. The molecule has 0 spiro atoms. The Labute approximate surface area is 49.7 Å². The fourth-order valence-corrected chi connectivity index (χ4v) is 0.282. The molecular formula is C6H11NO. The van der Waals surface area contributed by atoms with Gasteiger partial charge in [-0.25, -0.2) is 0 Å². The molecule has 0 saturated carbocycles. The molecule has 0 aliphatic carbocycles. The Kier molecular flexibility index (Phi) is 3.25. The molecule has 0 aliphatic rings. The van der Waals surface area contributed by atoms with Crippen molar-refractivity contribution in [2.75, 3.05) is 6.61 Å². The molecule has 0 amide bonds. The molecule has 2 unspecified atom stereocenters. The molecule has 0 fully saturated rings. The topological polar surface area (TPSA) is 46.2 Å². The van der Waals surface area contributed by atoms with Crippen LogP contribution in [0, 0.1) is 18.3 Å². The molecule has 0 aliphatic heterocycles. The van der Waals surface area contributed by atoms with E-state index in [0.29, 0.717) is 0 Å². The van der Waals surface area contributed by atoms with Crippen molar-refractivity contribution in [2.24, 2.45) is 11.7 Å². The number of terminal acetylenes is 1. The predicted octanol–water partition coefficient (Wildman–Crippen LogP) is -0.425. The minimum atomic E-state index is -0.264. The highest BCUT2D eigenvalue weighted by molar-refractivity contribution is 4.95. The molecule has 3 N–H and O–H groups in total. The monoisotopic (exact) mass is 113 g/mol. The van der Waals surface area contributed by atoms with Crippen molar-refractivity contribution in [1.82, 2.24) is 0 Å². The highest BCUT2D eigenvalue weighted by Crippen LogP contribution is 1.94. The van der Waals surface area contributed by atoms with E-state index in [2.05, 4.69) is 5.92 Å². The maximum absolute atomic E-state index is 8.42. The lowest BCUT2D eigenvalue weighted by Crippen LogP contribution is -2.30. The highest BCUT2D eigenvalue weighted by Gasteiger charge is 2.06. The van der Waals surface area contributed by atoms with Gasteiger partial charge in [0, 0.05) is 12.0 Å². The summed E-state index contributed by atoms with van der Waals surface area (Å²) in [6.07, 6.45) is 5.01. The lowest BCUT2D eigenvalue weighted by atomic mass is 10.1. The van der Waals surface area contributed by atoms with E-state index < -0.39 is 0 Å². The van der Waals surface area contributed by atoms with Crippen molar-refractivity contribution in [3.63, 3.8) is 0 Å². The largest absolute Gasteiger partial charge is 0.395 e. The van der Waals surface area contributed by atoms with Gasteiger partial charge >= 0.3 is 0 Å². The lowest BCUT2D eigenvalue weighted by Gasteiger charge is -2.09. The molecular weight excluding hydrogens is 102 g/mol. The van der Waals surface area contributed by atoms with Crippen LogP contribution in [0.15, 0.2) is 0 Å².